The molecule has 2 nitrogen and oxygen atoms in total. The summed E-state index contributed by atoms with van der Waals surface area (Å²) in [5.74, 6) is 1.07. The fraction of sp³-hybridized carbons (Fsp3) is 0.308. The third-order valence-corrected chi connectivity index (χ3v) is 2.19. The van der Waals surface area contributed by atoms with Gasteiger partial charge in [-0.25, -0.2) is 0 Å². The first-order chi connectivity index (χ1) is 7.26. The number of hydrogen-bond donors (Lipinski definition) is 0. The highest BCUT2D eigenvalue weighted by atomic mass is 16.5. The molecule has 0 spiro atoms. The number of methoxy groups -OCH3 is 1. The van der Waals surface area contributed by atoms with E-state index in [0.717, 1.165) is 17.7 Å². The van der Waals surface area contributed by atoms with E-state index in [0.29, 0.717) is 12.8 Å². The maximum absolute atomic E-state index is 11.4. The van der Waals surface area contributed by atoms with E-state index in [4.69, 9.17) is 4.74 Å². The molecule has 0 atom stereocenters. The average Bonchev–Trinajstić information content (AvgIpc) is 2.27. The van der Waals surface area contributed by atoms with Gasteiger partial charge in [0.1, 0.15) is 11.5 Å². The van der Waals surface area contributed by atoms with Crippen LogP contribution in [0.1, 0.15) is 18.4 Å². The van der Waals surface area contributed by atoms with Crippen LogP contribution in [0, 0.1) is 0 Å². The Labute approximate surface area is 90.6 Å². The number of hydrogen-bond acceptors (Lipinski definition) is 2. The lowest BCUT2D eigenvalue weighted by atomic mass is 10.1. The summed E-state index contributed by atoms with van der Waals surface area (Å²) in [5.41, 5.74) is 1.03. The minimum atomic E-state index is 0.250. The van der Waals surface area contributed by atoms with Crippen LogP contribution < -0.4 is 4.74 Å². The molecule has 0 heterocycles. The molecule has 0 amide bonds. The Kier molecular flexibility index (Phi) is 4.61. The van der Waals surface area contributed by atoms with E-state index < -0.39 is 0 Å². The zero-order chi connectivity index (χ0) is 11.1. The number of rotatable bonds is 6. The Hall–Kier alpha value is -1.57. The second-order valence-corrected chi connectivity index (χ2v) is 3.39. The van der Waals surface area contributed by atoms with Gasteiger partial charge in [0.15, 0.2) is 0 Å². The summed E-state index contributed by atoms with van der Waals surface area (Å²) in [4.78, 5) is 11.4. The van der Waals surface area contributed by atoms with E-state index in [1.165, 1.54) is 0 Å². The van der Waals surface area contributed by atoms with Crippen LogP contribution >= 0.6 is 0 Å². The van der Waals surface area contributed by atoms with Crippen molar-refractivity contribution < 1.29 is 9.53 Å². The number of carbonyl (C=O) groups excluding carboxylic acids is 1. The van der Waals surface area contributed by atoms with Crippen molar-refractivity contribution in [1.29, 1.82) is 0 Å². The van der Waals surface area contributed by atoms with Gasteiger partial charge < -0.3 is 4.74 Å². The van der Waals surface area contributed by atoms with E-state index >= 15 is 0 Å². The molecule has 0 aliphatic carbocycles. The van der Waals surface area contributed by atoms with Crippen LogP contribution in [-0.4, -0.2) is 12.9 Å². The van der Waals surface area contributed by atoms with Crippen LogP contribution in [-0.2, 0) is 11.2 Å². The zero-order valence-corrected chi connectivity index (χ0v) is 9.03. The molecule has 0 N–H and O–H groups in total. The molecular weight excluding hydrogens is 188 g/mol. The van der Waals surface area contributed by atoms with Crippen molar-refractivity contribution in [2.24, 2.45) is 0 Å². The van der Waals surface area contributed by atoms with Gasteiger partial charge in [-0.1, -0.05) is 18.2 Å². The van der Waals surface area contributed by atoms with Crippen molar-refractivity contribution >= 4 is 5.78 Å². The van der Waals surface area contributed by atoms with Gasteiger partial charge in [-0.2, -0.15) is 0 Å². The Balaban J connectivity index is 2.49. The molecule has 0 aliphatic heterocycles. The summed E-state index contributed by atoms with van der Waals surface area (Å²) in [6.45, 7) is 3.59. The van der Waals surface area contributed by atoms with Gasteiger partial charge in [0.05, 0.1) is 7.11 Å². The van der Waals surface area contributed by atoms with Crippen LogP contribution in [0.4, 0.5) is 0 Å². The van der Waals surface area contributed by atoms with Gasteiger partial charge >= 0.3 is 0 Å². The Morgan fingerprint density at radius 1 is 1.40 bits per heavy atom. The maximum atomic E-state index is 11.4. The minimum absolute atomic E-state index is 0.250. The van der Waals surface area contributed by atoms with Crippen LogP contribution in [0.2, 0.25) is 0 Å². The average molecular weight is 204 g/mol. The summed E-state index contributed by atoms with van der Waals surface area (Å²) in [5, 5.41) is 0. The molecule has 0 fully saturated rings. The van der Waals surface area contributed by atoms with Gasteiger partial charge in [-0.05, 0) is 24.1 Å². The summed E-state index contributed by atoms with van der Waals surface area (Å²) in [6.07, 6.45) is 3.61. The van der Waals surface area contributed by atoms with Crippen LogP contribution in [0.3, 0.4) is 0 Å². The molecule has 0 radical (unpaired) electrons. The van der Waals surface area contributed by atoms with E-state index in [9.17, 15) is 4.79 Å². The van der Waals surface area contributed by atoms with Gasteiger partial charge in [0, 0.05) is 12.8 Å². The molecule has 0 saturated carbocycles. The van der Waals surface area contributed by atoms with Crippen LogP contribution in [0.5, 0.6) is 5.75 Å². The van der Waals surface area contributed by atoms with Crippen molar-refractivity contribution in [1.82, 2.24) is 0 Å². The third-order valence-electron chi connectivity index (χ3n) is 2.19. The first kappa shape index (κ1) is 11.5. The van der Waals surface area contributed by atoms with Crippen molar-refractivity contribution in [3.8, 4) is 5.75 Å². The number of Topliss-reactive ketones (excluding diaryl/α,β-unsaturated/α-hetero) is 1. The van der Waals surface area contributed by atoms with E-state index in [-0.39, 0.29) is 5.78 Å². The number of ketones is 1. The standard InChI is InChI=1S/C13H16O2/c1-3-4-5-12(14)10-11-6-8-13(15-2)9-7-11/h3,6-9H,1,4-5,10H2,2H3. The topological polar surface area (TPSA) is 26.3 Å². The second-order valence-electron chi connectivity index (χ2n) is 3.39. The van der Waals surface area contributed by atoms with Gasteiger partial charge in [0.2, 0.25) is 0 Å². The lowest BCUT2D eigenvalue weighted by molar-refractivity contribution is -0.118. The molecule has 1 aromatic rings. The molecule has 15 heavy (non-hydrogen) atoms. The van der Waals surface area contributed by atoms with Crippen LogP contribution in [0.25, 0.3) is 0 Å². The minimum Gasteiger partial charge on any atom is -0.497 e. The van der Waals surface area contributed by atoms with Crippen molar-refractivity contribution in [3.05, 3.63) is 42.5 Å². The number of carbonyl (C=O) groups is 1. The molecule has 1 aromatic carbocycles. The molecular formula is C13H16O2. The predicted octanol–water partition coefficient (Wildman–Crippen LogP) is 2.77. The Bertz CT molecular complexity index is 325. The quantitative estimate of drug-likeness (QED) is 0.666. The summed E-state index contributed by atoms with van der Waals surface area (Å²) in [6, 6.07) is 7.58. The largest absolute Gasteiger partial charge is 0.497 e. The van der Waals surface area contributed by atoms with E-state index in [1.54, 1.807) is 13.2 Å². The molecule has 0 unspecified atom stereocenters. The van der Waals surface area contributed by atoms with Gasteiger partial charge in [0.25, 0.3) is 0 Å². The fourth-order valence-corrected chi connectivity index (χ4v) is 1.32. The lowest BCUT2D eigenvalue weighted by Gasteiger charge is -2.02. The first-order valence-corrected chi connectivity index (χ1v) is 5.02. The molecule has 0 saturated heterocycles. The summed E-state index contributed by atoms with van der Waals surface area (Å²) >= 11 is 0. The maximum Gasteiger partial charge on any atom is 0.137 e. The SMILES string of the molecule is C=CCCC(=O)Cc1ccc(OC)cc1. The first-order valence-electron chi connectivity index (χ1n) is 5.02. The smallest absolute Gasteiger partial charge is 0.137 e. The molecule has 1 rings (SSSR count). The monoisotopic (exact) mass is 204 g/mol. The van der Waals surface area contributed by atoms with Gasteiger partial charge in [-0.3, -0.25) is 4.79 Å². The van der Waals surface area contributed by atoms with Crippen molar-refractivity contribution in [2.75, 3.05) is 7.11 Å². The summed E-state index contributed by atoms with van der Waals surface area (Å²) in [7, 11) is 1.63. The van der Waals surface area contributed by atoms with E-state index in [2.05, 4.69) is 6.58 Å². The van der Waals surface area contributed by atoms with Crippen molar-refractivity contribution in [3.63, 3.8) is 0 Å². The Morgan fingerprint density at radius 2 is 2.07 bits per heavy atom. The van der Waals surface area contributed by atoms with E-state index in [1.807, 2.05) is 24.3 Å². The van der Waals surface area contributed by atoms with Gasteiger partial charge in [-0.15, -0.1) is 6.58 Å². The molecule has 2 heteroatoms. The van der Waals surface area contributed by atoms with Crippen LogP contribution in [0.15, 0.2) is 36.9 Å². The third kappa shape index (κ3) is 3.98. The highest BCUT2D eigenvalue weighted by molar-refractivity contribution is 5.80. The highest BCUT2D eigenvalue weighted by Gasteiger charge is 2.02. The number of ether oxygens (including phenoxy) is 1. The number of allylic oxidation sites excluding steroid dienone is 1. The molecule has 80 valence electrons. The highest BCUT2D eigenvalue weighted by Crippen LogP contribution is 2.12. The molecule has 0 aromatic heterocycles. The lowest BCUT2D eigenvalue weighted by Crippen LogP contribution is -2.01. The molecule has 0 bridgehead atoms. The number of benzene rings is 1. The fourth-order valence-electron chi connectivity index (χ4n) is 1.32. The Morgan fingerprint density at radius 3 is 2.60 bits per heavy atom. The van der Waals surface area contributed by atoms with Crippen molar-refractivity contribution in [2.45, 2.75) is 19.3 Å². The molecule has 0 aliphatic rings. The predicted molar refractivity (Wildman–Crippen MR) is 61.1 cm³/mol. The zero-order valence-electron chi connectivity index (χ0n) is 9.03. The second kappa shape index (κ2) is 6.02. The summed E-state index contributed by atoms with van der Waals surface area (Å²) < 4.78 is 5.04. The normalized spacial score (nSPS) is 9.67.